The summed E-state index contributed by atoms with van der Waals surface area (Å²) in [4.78, 5) is 25.1. The fraction of sp³-hybridized carbons (Fsp3) is 0.250. The lowest BCUT2D eigenvalue weighted by Gasteiger charge is -2.19. The minimum Gasteiger partial charge on any atom is -0.320 e. The van der Waals surface area contributed by atoms with Gasteiger partial charge in [-0.25, -0.2) is 4.68 Å². The Hall–Kier alpha value is -2.95. The number of hydrogen-bond donors (Lipinski definition) is 1. The lowest BCUT2D eigenvalue weighted by atomic mass is 9.90. The molecule has 0 spiro atoms. The Labute approximate surface area is 145 Å². The molecule has 1 aliphatic rings. The Bertz CT molecular complexity index is 1040. The highest BCUT2D eigenvalue weighted by molar-refractivity contribution is 6.11. The molecule has 5 nitrogen and oxygen atoms in total. The number of rotatable bonds is 2. The maximum atomic E-state index is 12.9. The van der Waals surface area contributed by atoms with Crippen LogP contribution in [-0.2, 0) is 19.9 Å². The largest absolute Gasteiger partial charge is 0.320 e. The van der Waals surface area contributed by atoms with Crippen molar-refractivity contribution in [2.75, 3.05) is 5.32 Å². The van der Waals surface area contributed by atoms with E-state index < -0.39 is 0 Å². The van der Waals surface area contributed by atoms with Gasteiger partial charge < -0.3 is 5.32 Å². The molecule has 0 unspecified atom stereocenters. The molecule has 1 aliphatic carbocycles. The van der Waals surface area contributed by atoms with Crippen molar-refractivity contribution in [1.82, 2.24) is 9.78 Å². The molecular weight excluding hydrogens is 314 g/mol. The van der Waals surface area contributed by atoms with Crippen molar-refractivity contribution < 1.29 is 4.79 Å². The summed E-state index contributed by atoms with van der Waals surface area (Å²) in [5, 5.41) is 8.29. The molecule has 0 bridgehead atoms. The number of hydrogen-bond acceptors (Lipinski definition) is 3. The minimum atomic E-state index is -0.286. The van der Waals surface area contributed by atoms with Crippen LogP contribution >= 0.6 is 0 Å². The second kappa shape index (κ2) is 6.16. The molecule has 0 saturated heterocycles. The molecule has 1 heterocycles. The number of aryl methyl sites for hydroxylation is 2. The predicted octanol–water partition coefficient (Wildman–Crippen LogP) is 3.06. The second-order valence-corrected chi connectivity index (χ2v) is 6.43. The van der Waals surface area contributed by atoms with Crippen LogP contribution in [0.25, 0.3) is 10.8 Å². The number of aromatic nitrogens is 2. The zero-order valence-corrected chi connectivity index (χ0v) is 14.1. The third-order valence-corrected chi connectivity index (χ3v) is 4.82. The number of carbonyl (C=O) groups excluding carboxylic acids is 1. The summed E-state index contributed by atoms with van der Waals surface area (Å²) in [6.45, 7) is 0. The van der Waals surface area contributed by atoms with Gasteiger partial charge in [-0.2, -0.15) is 5.10 Å². The summed E-state index contributed by atoms with van der Waals surface area (Å²) in [6.07, 6.45) is 4.37. The lowest BCUT2D eigenvalue weighted by Crippen LogP contribution is -2.25. The van der Waals surface area contributed by atoms with Crippen LogP contribution in [0.2, 0.25) is 0 Å². The van der Waals surface area contributed by atoms with Crippen LogP contribution in [-0.4, -0.2) is 15.7 Å². The highest BCUT2D eigenvalue weighted by atomic mass is 16.2. The number of anilines is 1. The van der Waals surface area contributed by atoms with Crippen LogP contribution in [0.5, 0.6) is 0 Å². The Morgan fingerprint density at radius 2 is 1.80 bits per heavy atom. The quantitative estimate of drug-likeness (QED) is 0.784. The van der Waals surface area contributed by atoms with Gasteiger partial charge >= 0.3 is 0 Å². The molecule has 0 saturated carbocycles. The van der Waals surface area contributed by atoms with E-state index in [4.69, 9.17) is 0 Å². The molecule has 126 valence electrons. The smallest absolute Gasteiger partial charge is 0.276 e. The summed E-state index contributed by atoms with van der Waals surface area (Å²) in [5.41, 5.74) is 3.44. The molecule has 1 amide bonds. The highest BCUT2D eigenvalue weighted by Crippen LogP contribution is 2.28. The normalized spacial score (nSPS) is 13.5. The molecule has 1 N–H and O–H groups in total. The summed E-state index contributed by atoms with van der Waals surface area (Å²) >= 11 is 0. The van der Waals surface area contributed by atoms with Crippen LogP contribution in [0, 0.1) is 0 Å². The minimum absolute atomic E-state index is 0.204. The van der Waals surface area contributed by atoms with Gasteiger partial charge in [0.25, 0.3) is 11.5 Å². The average molecular weight is 333 g/mol. The van der Waals surface area contributed by atoms with E-state index in [0.29, 0.717) is 10.8 Å². The summed E-state index contributed by atoms with van der Waals surface area (Å²) < 4.78 is 1.22. The molecule has 1 aromatic heterocycles. The van der Waals surface area contributed by atoms with Crippen LogP contribution in [0.15, 0.2) is 47.3 Å². The van der Waals surface area contributed by atoms with Gasteiger partial charge in [0.2, 0.25) is 0 Å². The van der Waals surface area contributed by atoms with Crippen LogP contribution in [0.4, 0.5) is 5.69 Å². The first kappa shape index (κ1) is 15.6. The molecular formula is C20H19N3O2. The summed E-state index contributed by atoms with van der Waals surface area (Å²) in [6, 6.07) is 13.1. The van der Waals surface area contributed by atoms with Crippen molar-refractivity contribution >= 4 is 22.4 Å². The van der Waals surface area contributed by atoms with Crippen molar-refractivity contribution in [2.45, 2.75) is 25.7 Å². The van der Waals surface area contributed by atoms with Gasteiger partial charge in [0.15, 0.2) is 5.69 Å². The average Bonchev–Trinajstić information content (AvgIpc) is 2.65. The van der Waals surface area contributed by atoms with E-state index >= 15 is 0 Å². The maximum absolute atomic E-state index is 12.9. The molecule has 0 radical (unpaired) electrons. The monoisotopic (exact) mass is 333 g/mol. The van der Waals surface area contributed by atoms with E-state index in [1.807, 2.05) is 18.2 Å². The first-order chi connectivity index (χ1) is 12.1. The van der Waals surface area contributed by atoms with Crippen LogP contribution in [0.1, 0.15) is 34.5 Å². The molecule has 0 aliphatic heterocycles. The van der Waals surface area contributed by atoms with Crippen molar-refractivity contribution in [2.24, 2.45) is 7.05 Å². The number of benzene rings is 2. The lowest BCUT2D eigenvalue weighted by molar-refractivity contribution is 0.102. The number of carbonyl (C=O) groups is 1. The van der Waals surface area contributed by atoms with Crippen LogP contribution in [0.3, 0.4) is 0 Å². The van der Waals surface area contributed by atoms with E-state index in [9.17, 15) is 9.59 Å². The first-order valence-electron chi connectivity index (χ1n) is 8.53. The Balaban J connectivity index is 1.77. The van der Waals surface area contributed by atoms with Crippen molar-refractivity contribution in [1.29, 1.82) is 0 Å². The predicted molar refractivity (Wildman–Crippen MR) is 98.0 cm³/mol. The molecule has 2 aromatic carbocycles. The standard InChI is InChI=1S/C20H19N3O2/c1-23-20(25)16-11-5-4-10-15(16)18(22-23)19(24)21-17-12-6-8-13-7-2-3-9-14(13)17/h4-6,8,10-12H,2-3,7,9H2,1H3,(H,21,24). The zero-order valence-electron chi connectivity index (χ0n) is 14.1. The number of nitrogens with one attached hydrogen (secondary N) is 1. The SMILES string of the molecule is Cn1nc(C(=O)Nc2cccc3c2CCCC3)c2ccccc2c1=O. The Morgan fingerprint density at radius 1 is 1.04 bits per heavy atom. The van der Waals surface area contributed by atoms with Gasteiger partial charge in [-0.3, -0.25) is 9.59 Å². The number of amides is 1. The van der Waals surface area contributed by atoms with Gasteiger partial charge in [0.05, 0.1) is 5.39 Å². The van der Waals surface area contributed by atoms with Gasteiger partial charge in [-0.1, -0.05) is 30.3 Å². The number of fused-ring (bicyclic) bond motifs is 2. The number of nitrogens with zero attached hydrogens (tertiary/aromatic N) is 2. The molecule has 25 heavy (non-hydrogen) atoms. The third kappa shape index (κ3) is 2.71. The van der Waals surface area contributed by atoms with E-state index in [1.54, 1.807) is 25.2 Å². The van der Waals surface area contributed by atoms with E-state index in [-0.39, 0.29) is 17.2 Å². The van der Waals surface area contributed by atoms with E-state index in [2.05, 4.69) is 16.5 Å². The fourth-order valence-electron chi connectivity index (χ4n) is 3.55. The molecule has 5 heteroatoms. The molecule has 0 atom stereocenters. The van der Waals surface area contributed by atoms with E-state index in [1.165, 1.54) is 22.2 Å². The first-order valence-corrected chi connectivity index (χ1v) is 8.53. The van der Waals surface area contributed by atoms with Gasteiger partial charge in [-0.05, 0) is 48.9 Å². The molecule has 0 fully saturated rings. The highest BCUT2D eigenvalue weighted by Gasteiger charge is 2.19. The topological polar surface area (TPSA) is 64.0 Å². The summed E-state index contributed by atoms with van der Waals surface area (Å²) in [7, 11) is 1.57. The molecule has 4 rings (SSSR count). The van der Waals surface area contributed by atoms with Gasteiger partial charge in [-0.15, -0.1) is 0 Å². The van der Waals surface area contributed by atoms with E-state index in [0.717, 1.165) is 24.9 Å². The Kier molecular flexibility index (Phi) is 3.84. The third-order valence-electron chi connectivity index (χ3n) is 4.82. The summed E-state index contributed by atoms with van der Waals surface area (Å²) in [5.74, 6) is -0.286. The maximum Gasteiger partial charge on any atom is 0.276 e. The fourth-order valence-corrected chi connectivity index (χ4v) is 3.55. The van der Waals surface area contributed by atoms with Crippen molar-refractivity contribution in [3.8, 4) is 0 Å². The zero-order chi connectivity index (χ0) is 17.4. The van der Waals surface area contributed by atoms with Gasteiger partial charge in [0.1, 0.15) is 0 Å². The Morgan fingerprint density at radius 3 is 2.64 bits per heavy atom. The van der Waals surface area contributed by atoms with Crippen molar-refractivity contribution in [3.63, 3.8) is 0 Å². The van der Waals surface area contributed by atoms with Gasteiger partial charge in [0, 0.05) is 18.1 Å². The molecule has 3 aromatic rings. The van der Waals surface area contributed by atoms with Crippen molar-refractivity contribution in [3.05, 3.63) is 69.6 Å². The van der Waals surface area contributed by atoms with Crippen LogP contribution < -0.4 is 10.9 Å². The second-order valence-electron chi connectivity index (χ2n) is 6.43.